The Morgan fingerprint density at radius 2 is 1.59 bits per heavy atom. The monoisotopic (exact) mass is 394 g/mol. The van der Waals surface area contributed by atoms with E-state index in [1.165, 1.54) is 0 Å². The van der Waals surface area contributed by atoms with Crippen LogP contribution in [0.1, 0.15) is 38.2 Å². The van der Waals surface area contributed by atoms with Gasteiger partial charge in [-0.2, -0.15) is 0 Å². The lowest BCUT2D eigenvalue weighted by atomic mass is 10.1. The molecule has 0 fully saturated rings. The number of unbranched alkanes of at least 4 members (excludes halogenated alkanes) is 1. The number of benzene rings is 2. The molecule has 2 aromatic carbocycles. The van der Waals surface area contributed by atoms with Gasteiger partial charge in [-0.15, -0.1) is 0 Å². The normalized spacial score (nSPS) is 11.8. The standard InChI is InChI=1S/C24H27FN2O2/c1-2-3-9-21(25)14-15-28-23-16-26-24(27-17-23)20-10-12-22(13-11-20)29-18-19-7-5-4-6-8-19/h4-8,10-13,16-17,21H,2-3,9,14-15,18H2,1H3/t21-/m0/s1. The molecular weight excluding hydrogens is 367 g/mol. The van der Waals surface area contributed by atoms with Gasteiger partial charge >= 0.3 is 0 Å². The van der Waals surface area contributed by atoms with Crippen molar-refractivity contribution in [3.05, 3.63) is 72.6 Å². The van der Waals surface area contributed by atoms with Crippen LogP contribution in [0.5, 0.6) is 11.5 Å². The van der Waals surface area contributed by atoms with E-state index in [2.05, 4.69) is 16.9 Å². The molecule has 5 heteroatoms. The lowest BCUT2D eigenvalue weighted by Gasteiger charge is -2.09. The van der Waals surface area contributed by atoms with Crippen molar-refractivity contribution >= 4 is 0 Å². The predicted molar refractivity (Wildman–Crippen MR) is 113 cm³/mol. The summed E-state index contributed by atoms with van der Waals surface area (Å²) in [6.07, 6.45) is 5.36. The number of aromatic nitrogens is 2. The van der Waals surface area contributed by atoms with Gasteiger partial charge in [0.15, 0.2) is 11.6 Å². The van der Waals surface area contributed by atoms with Crippen LogP contribution in [0.25, 0.3) is 11.4 Å². The van der Waals surface area contributed by atoms with Gasteiger partial charge < -0.3 is 9.47 Å². The van der Waals surface area contributed by atoms with Crippen LogP contribution in [0.3, 0.4) is 0 Å². The van der Waals surface area contributed by atoms with Gasteiger partial charge in [0, 0.05) is 12.0 Å². The number of nitrogens with zero attached hydrogens (tertiary/aromatic N) is 2. The minimum absolute atomic E-state index is 0.334. The van der Waals surface area contributed by atoms with Crippen LogP contribution in [0.15, 0.2) is 67.0 Å². The van der Waals surface area contributed by atoms with Crippen LogP contribution in [-0.4, -0.2) is 22.7 Å². The Balaban J connectivity index is 1.48. The second-order valence-electron chi connectivity index (χ2n) is 6.92. The molecule has 1 aromatic heterocycles. The highest BCUT2D eigenvalue weighted by Gasteiger charge is 2.07. The molecule has 0 bridgehead atoms. The fraction of sp³-hybridized carbons (Fsp3) is 0.333. The van der Waals surface area contributed by atoms with Gasteiger partial charge in [-0.1, -0.05) is 50.1 Å². The molecule has 1 atom stereocenters. The summed E-state index contributed by atoms with van der Waals surface area (Å²) in [5.74, 6) is 1.96. The van der Waals surface area contributed by atoms with Crippen LogP contribution in [0, 0.1) is 0 Å². The van der Waals surface area contributed by atoms with E-state index in [1.54, 1.807) is 12.4 Å². The summed E-state index contributed by atoms with van der Waals surface area (Å²) in [7, 11) is 0. The molecule has 0 aliphatic heterocycles. The summed E-state index contributed by atoms with van der Waals surface area (Å²) >= 11 is 0. The van der Waals surface area contributed by atoms with Crippen LogP contribution >= 0.6 is 0 Å². The summed E-state index contributed by atoms with van der Waals surface area (Å²) in [4.78, 5) is 8.70. The summed E-state index contributed by atoms with van der Waals surface area (Å²) in [6, 6.07) is 17.7. The molecule has 0 amide bonds. The number of alkyl halides is 1. The summed E-state index contributed by atoms with van der Waals surface area (Å²) in [5, 5.41) is 0. The van der Waals surface area contributed by atoms with Crippen LogP contribution in [0.2, 0.25) is 0 Å². The van der Waals surface area contributed by atoms with Gasteiger partial charge in [0.1, 0.15) is 18.5 Å². The molecule has 3 rings (SSSR count). The van der Waals surface area contributed by atoms with Crippen molar-refractivity contribution in [1.29, 1.82) is 0 Å². The maximum Gasteiger partial charge on any atom is 0.159 e. The van der Waals surface area contributed by atoms with Gasteiger partial charge in [0.25, 0.3) is 0 Å². The van der Waals surface area contributed by atoms with Crippen molar-refractivity contribution in [2.75, 3.05) is 6.61 Å². The van der Waals surface area contributed by atoms with E-state index in [9.17, 15) is 4.39 Å². The van der Waals surface area contributed by atoms with Crippen LogP contribution in [-0.2, 0) is 6.61 Å². The Hall–Kier alpha value is -2.95. The second kappa shape index (κ2) is 11.1. The van der Waals surface area contributed by atoms with E-state index in [0.717, 1.165) is 29.7 Å². The minimum atomic E-state index is -0.808. The number of hydrogen-bond acceptors (Lipinski definition) is 4. The first-order chi connectivity index (χ1) is 14.2. The first-order valence-electron chi connectivity index (χ1n) is 10.1. The quantitative estimate of drug-likeness (QED) is 0.399. The van der Waals surface area contributed by atoms with Gasteiger partial charge in [0.05, 0.1) is 19.0 Å². The zero-order valence-corrected chi connectivity index (χ0v) is 16.8. The highest BCUT2D eigenvalue weighted by atomic mass is 19.1. The first kappa shape index (κ1) is 20.8. The van der Waals surface area contributed by atoms with Crippen molar-refractivity contribution in [2.24, 2.45) is 0 Å². The number of halogens is 1. The molecule has 0 unspecified atom stereocenters. The average Bonchev–Trinajstić information content (AvgIpc) is 2.78. The highest BCUT2D eigenvalue weighted by Crippen LogP contribution is 2.21. The fourth-order valence-electron chi connectivity index (χ4n) is 2.86. The van der Waals surface area contributed by atoms with E-state index >= 15 is 0 Å². The summed E-state index contributed by atoms with van der Waals surface area (Å²) < 4.78 is 25.0. The Kier molecular flexibility index (Phi) is 7.99. The largest absolute Gasteiger partial charge is 0.490 e. The molecule has 0 radical (unpaired) electrons. The number of ether oxygens (including phenoxy) is 2. The van der Waals surface area contributed by atoms with E-state index in [0.29, 0.717) is 37.6 Å². The molecule has 0 saturated heterocycles. The topological polar surface area (TPSA) is 44.2 Å². The molecule has 0 spiro atoms. The Bertz CT molecular complexity index is 839. The van der Waals surface area contributed by atoms with Crippen molar-refractivity contribution in [1.82, 2.24) is 9.97 Å². The van der Waals surface area contributed by atoms with Crippen LogP contribution in [0.4, 0.5) is 4.39 Å². The molecule has 0 N–H and O–H groups in total. The molecular formula is C24H27FN2O2. The molecule has 3 aromatic rings. The van der Waals surface area contributed by atoms with E-state index in [1.807, 2.05) is 54.6 Å². The Morgan fingerprint density at radius 1 is 0.862 bits per heavy atom. The molecule has 0 saturated carbocycles. The van der Waals surface area contributed by atoms with Crippen molar-refractivity contribution < 1.29 is 13.9 Å². The molecule has 0 aliphatic rings. The third kappa shape index (κ3) is 6.86. The third-order valence-corrected chi connectivity index (χ3v) is 4.56. The molecule has 0 aliphatic carbocycles. The third-order valence-electron chi connectivity index (χ3n) is 4.56. The molecule has 4 nitrogen and oxygen atoms in total. The molecule has 152 valence electrons. The summed E-state index contributed by atoms with van der Waals surface area (Å²) in [5.41, 5.74) is 2.02. The second-order valence-corrected chi connectivity index (χ2v) is 6.92. The molecule has 29 heavy (non-hydrogen) atoms. The fourth-order valence-corrected chi connectivity index (χ4v) is 2.86. The number of rotatable bonds is 11. The van der Waals surface area contributed by atoms with E-state index in [4.69, 9.17) is 9.47 Å². The van der Waals surface area contributed by atoms with Crippen LogP contribution < -0.4 is 9.47 Å². The lowest BCUT2D eigenvalue weighted by Crippen LogP contribution is -2.08. The van der Waals surface area contributed by atoms with Crippen molar-refractivity contribution in [3.8, 4) is 22.9 Å². The van der Waals surface area contributed by atoms with Gasteiger partial charge in [0.2, 0.25) is 0 Å². The predicted octanol–water partition coefficient (Wildman–Crippen LogP) is 6.02. The van der Waals surface area contributed by atoms with E-state index < -0.39 is 6.17 Å². The Labute approximate surface area is 171 Å². The van der Waals surface area contributed by atoms with Crippen molar-refractivity contribution in [3.63, 3.8) is 0 Å². The Morgan fingerprint density at radius 3 is 2.28 bits per heavy atom. The van der Waals surface area contributed by atoms with Crippen molar-refractivity contribution in [2.45, 2.75) is 45.4 Å². The minimum Gasteiger partial charge on any atom is -0.490 e. The van der Waals surface area contributed by atoms with Gasteiger partial charge in [-0.05, 0) is 36.2 Å². The maximum atomic E-state index is 13.6. The SMILES string of the molecule is CCCC[C@H](F)CCOc1cnc(-c2ccc(OCc3ccccc3)cc2)nc1. The zero-order chi connectivity index (χ0) is 20.3. The number of hydrogen-bond donors (Lipinski definition) is 0. The lowest BCUT2D eigenvalue weighted by molar-refractivity contribution is 0.222. The van der Waals surface area contributed by atoms with Gasteiger partial charge in [-0.3, -0.25) is 0 Å². The zero-order valence-electron chi connectivity index (χ0n) is 16.8. The average molecular weight is 394 g/mol. The first-order valence-corrected chi connectivity index (χ1v) is 10.1. The maximum absolute atomic E-state index is 13.6. The summed E-state index contributed by atoms with van der Waals surface area (Å²) in [6.45, 7) is 2.93. The molecule has 1 heterocycles. The van der Waals surface area contributed by atoms with Gasteiger partial charge in [-0.25, -0.2) is 14.4 Å². The highest BCUT2D eigenvalue weighted by molar-refractivity contribution is 5.56. The van der Waals surface area contributed by atoms with E-state index in [-0.39, 0.29) is 0 Å². The smallest absolute Gasteiger partial charge is 0.159 e.